The van der Waals surface area contributed by atoms with Crippen molar-refractivity contribution in [2.24, 2.45) is 0 Å². The van der Waals surface area contributed by atoms with E-state index >= 15 is 0 Å². The maximum Gasteiger partial charge on any atom is 0.254 e. The molecule has 4 nitrogen and oxygen atoms in total. The zero-order chi connectivity index (χ0) is 13.2. The fourth-order valence-corrected chi connectivity index (χ4v) is 2.64. The molecule has 0 aromatic carbocycles. The summed E-state index contributed by atoms with van der Waals surface area (Å²) < 4.78 is 1.84. The molecular weight excluding hydrogens is 238 g/mol. The summed E-state index contributed by atoms with van der Waals surface area (Å²) in [5, 5.41) is 0. The molecule has 1 unspecified atom stereocenters. The first kappa shape index (κ1) is 12.1. The van der Waals surface area contributed by atoms with Crippen LogP contribution in [0.15, 0.2) is 35.4 Å². The van der Waals surface area contributed by atoms with Gasteiger partial charge in [0.05, 0.1) is 5.69 Å². The normalized spacial score (nSPS) is 18.7. The lowest BCUT2D eigenvalue weighted by molar-refractivity contribution is 0.607. The summed E-state index contributed by atoms with van der Waals surface area (Å²) in [6.07, 6.45) is 6.78. The summed E-state index contributed by atoms with van der Waals surface area (Å²) in [6.45, 7) is 2.95. The first-order valence-electron chi connectivity index (χ1n) is 6.78. The van der Waals surface area contributed by atoms with Gasteiger partial charge in [-0.25, -0.2) is 4.98 Å². The highest BCUT2D eigenvalue weighted by atomic mass is 16.1. The van der Waals surface area contributed by atoms with Crippen LogP contribution >= 0.6 is 0 Å². The maximum atomic E-state index is 12.3. The Morgan fingerprint density at radius 2 is 2.05 bits per heavy atom. The molecule has 3 heterocycles. The molecule has 0 fully saturated rings. The van der Waals surface area contributed by atoms with Crippen molar-refractivity contribution >= 4 is 0 Å². The Morgan fingerprint density at radius 3 is 2.84 bits per heavy atom. The van der Waals surface area contributed by atoms with Crippen LogP contribution in [0.2, 0.25) is 0 Å². The van der Waals surface area contributed by atoms with Gasteiger partial charge in [0.1, 0.15) is 5.82 Å². The SMILES string of the molecule is CC1CCCCn2c1nc(-c1ccncc1)cc2=O. The summed E-state index contributed by atoms with van der Waals surface area (Å²) in [5.41, 5.74) is 1.77. The van der Waals surface area contributed by atoms with Gasteiger partial charge in [-0.1, -0.05) is 13.3 Å². The Hall–Kier alpha value is -1.97. The third kappa shape index (κ3) is 2.30. The van der Waals surface area contributed by atoms with E-state index in [-0.39, 0.29) is 5.56 Å². The average Bonchev–Trinajstić information content (AvgIpc) is 2.63. The smallest absolute Gasteiger partial charge is 0.254 e. The van der Waals surface area contributed by atoms with Crippen LogP contribution in [0.25, 0.3) is 11.3 Å². The van der Waals surface area contributed by atoms with Gasteiger partial charge in [-0.3, -0.25) is 14.3 Å². The zero-order valence-corrected chi connectivity index (χ0v) is 11.0. The topological polar surface area (TPSA) is 47.8 Å². The van der Waals surface area contributed by atoms with Gasteiger partial charge >= 0.3 is 0 Å². The Balaban J connectivity index is 2.15. The monoisotopic (exact) mass is 255 g/mol. The van der Waals surface area contributed by atoms with E-state index in [0.717, 1.165) is 42.9 Å². The molecule has 0 N–H and O–H groups in total. The first-order chi connectivity index (χ1) is 9.25. The van der Waals surface area contributed by atoms with Crippen LogP contribution in [0.3, 0.4) is 0 Å². The molecule has 1 atom stereocenters. The van der Waals surface area contributed by atoms with Gasteiger partial charge in [0.15, 0.2) is 0 Å². The number of aromatic nitrogens is 3. The van der Waals surface area contributed by atoms with E-state index in [2.05, 4.69) is 11.9 Å². The summed E-state index contributed by atoms with van der Waals surface area (Å²) in [5.74, 6) is 1.27. The van der Waals surface area contributed by atoms with Crippen molar-refractivity contribution in [1.29, 1.82) is 0 Å². The molecule has 2 aromatic heterocycles. The van der Waals surface area contributed by atoms with Crippen molar-refractivity contribution < 1.29 is 0 Å². The van der Waals surface area contributed by atoms with Gasteiger partial charge in [0, 0.05) is 36.5 Å². The van der Waals surface area contributed by atoms with Gasteiger partial charge < -0.3 is 0 Å². The summed E-state index contributed by atoms with van der Waals surface area (Å²) in [7, 11) is 0. The van der Waals surface area contributed by atoms with E-state index in [0.29, 0.717) is 5.92 Å². The van der Waals surface area contributed by atoms with Gasteiger partial charge in [-0.2, -0.15) is 0 Å². The lowest BCUT2D eigenvalue weighted by Crippen LogP contribution is -2.24. The van der Waals surface area contributed by atoms with E-state index < -0.39 is 0 Å². The number of rotatable bonds is 1. The Morgan fingerprint density at radius 1 is 1.26 bits per heavy atom. The number of hydrogen-bond acceptors (Lipinski definition) is 3. The molecular formula is C15H17N3O. The molecule has 0 radical (unpaired) electrons. The van der Waals surface area contributed by atoms with Crippen molar-refractivity contribution in [2.75, 3.05) is 0 Å². The molecule has 19 heavy (non-hydrogen) atoms. The zero-order valence-electron chi connectivity index (χ0n) is 11.0. The second-order valence-electron chi connectivity index (χ2n) is 5.12. The average molecular weight is 255 g/mol. The third-order valence-electron chi connectivity index (χ3n) is 3.72. The summed E-state index contributed by atoms with van der Waals surface area (Å²) in [6, 6.07) is 5.41. The number of hydrogen-bond donors (Lipinski definition) is 0. The molecule has 0 spiro atoms. The van der Waals surface area contributed by atoms with Gasteiger partial charge in [0.25, 0.3) is 5.56 Å². The second-order valence-corrected chi connectivity index (χ2v) is 5.12. The van der Waals surface area contributed by atoms with Gasteiger partial charge in [-0.15, -0.1) is 0 Å². The van der Waals surface area contributed by atoms with E-state index in [1.54, 1.807) is 18.5 Å². The van der Waals surface area contributed by atoms with Crippen molar-refractivity contribution in [3.8, 4) is 11.3 Å². The molecule has 0 aliphatic carbocycles. The van der Waals surface area contributed by atoms with Crippen LogP contribution in [0, 0.1) is 0 Å². The minimum Gasteiger partial charge on any atom is -0.296 e. The molecule has 1 aliphatic rings. The highest BCUT2D eigenvalue weighted by Crippen LogP contribution is 2.25. The molecule has 2 aromatic rings. The highest BCUT2D eigenvalue weighted by molar-refractivity contribution is 5.57. The Bertz CT molecular complexity index is 634. The van der Waals surface area contributed by atoms with Crippen LogP contribution in [0.4, 0.5) is 0 Å². The molecule has 0 saturated heterocycles. The van der Waals surface area contributed by atoms with Crippen molar-refractivity contribution in [3.63, 3.8) is 0 Å². The van der Waals surface area contributed by atoms with Gasteiger partial charge in [-0.05, 0) is 25.0 Å². The highest BCUT2D eigenvalue weighted by Gasteiger charge is 2.18. The second kappa shape index (κ2) is 4.96. The maximum absolute atomic E-state index is 12.3. The van der Waals surface area contributed by atoms with Crippen molar-refractivity contribution in [1.82, 2.24) is 14.5 Å². The van der Waals surface area contributed by atoms with Crippen molar-refractivity contribution in [2.45, 2.75) is 38.6 Å². The van der Waals surface area contributed by atoms with E-state index in [4.69, 9.17) is 4.98 Å². The summed E-state index contributed by atoms with van der Waals surface area (Å²) >= 11 is 0. The quantitative estimate of drug-likeness (QED) is 0.787. The Labute approximate surface area is 112 Å². The fraction of sp³-hybridized carbons (Fsp3) is 0.400. The molecule has 0 bridgehead atoms. The minimum absolute atomic E-state index is 0.0607. The van der Waals surface area contributed by atoms with Crippen LogP contribution < -0.4 is 5.56 Å². The molecule has 4 heteroatoms. The molecule has 1 aliphatic heterocycles. The summed E-state index contributed by atoms with van der Waals surface area (Å²) in [4.78, 5) is 21.0. The van der Waals surface area contributed by atoms with E-state index in [1.165, 1.54) is 0 Å². The lowest BCUT2D eigenvalue weighted by Gasteiger charge is -2.14. The molecule has 98 valence electrons. The fourth-order valence-electron chi connectivity index (χ4n) is 2.64. The lowest BCUT2D eigenvalue weighted by atomic mass is 10.0. The predicted molar refractivity (Wildman–Crippen MR) is 74.0 cm³/mol. The predicted octanol–water partition coefficient (Wildman–Crippen LogP) is 2.59. The number of pyridine rings is 1. The van der Waals surface area contributed by atoms with E-state index in [1.807, 2.05) is 16.7 Å². The first-order valence-corrected chi connectivity index (χ1v) is 6.78. The standard InChI is InChI=1S/C15H17N3O/c1-11-4-2-3-9-18-14(19)10-13(17-15(11)18)12-5-7-16-8-6-12/h5-8,10-11H,2-4,9H2,1H3. The van der Waals surface area contributed by atoms with Crippen LogP contribution in [0.1, 0.15) is 37.9 Å². The molecule has 3 rings (SSSR count). The largest absolute Gasteiger partial charge is 0.296 e. The van der Waals surface area contributed by atoms with E-state index in [9.17, 15) is 4.79 Å². The van der Waals surface area contributed by atoms with Crippen LogP contribution in [-0.4, -0.2) is 14.5 Å². The van der Waals surface area contributed by atoms with Gasteiger partial charge in [0.2, 0.25) is 0 Å². The third-order valence-corrected chi connectivity index (χ3v) is 3.72. The van der Waals surface area contributed by atoms with Crippen LogP contribution in [0.5, 0.6) is 0 Å². The van der Waals surface area contributed by atoms with Crippen molar-refractivity contribution in [3.05, 3.63) is 46.8 Å². The van der Waals surface area contributed by atoms with Crippen LogP contribution in [-0.2, 0) is 6.54 Å². The number of fused-ring (bicyclic) bond motifs is 1. The Kier molecular flexibility index (Phi) is 3.15. The molecule has 0 saturated carbocycles. The minimum atomic E-state index is 0.0607. The number of nitrogens with zero attached hydrogens (tertiary/aromatic N) is 3. The molecule has 0 amide bonds.